The van der Waals surface area contributed by atoms with Gasteiger partial charge in [-0.25, -0.2) is 8.42 Å². The van der Waals surface area contributed by atoms with Gasteiger partial charge in [-0.3, -0.25) is 4.99 Å². The van der Waals surface area contributed by atoms with E-state index in [1.54, 1.807) is 13.8 Å². The fourth-order valence-electron chi connectivity index (χ4n) is 2.73. The maximum Gasteiger partial charge on any atom is 0.191 e. The molecule has 0 spiro atoms. The number of hydrogen-bond donors (Lipinski definition) is 2. The first kappa shape index (κ1) is 25.4. The summed E-state index contributed by atoms with van der Waals surface area (Å²) in [7, 11) is -3.19. The normalized spacial score (nSPS) is 12.4. The molecule has 2 aromatic carbocycles. The largest absolute Gasteiger partial charge is 0.357 e. The van der Waals surface area contributed by atoms with Gasteiger partial charge in [-0.2, -0.15) is 0 Å². The Labute approximate surface area is 192 Å². The summed E-state index contributed by atoms with van der Waals surface area (Å²) in [6.07, 6.45) is 1.25. The molecule has 0 bridgehead atoms. The smallest absolute Gasteiger partial charge is 0.191 e. The maximum atomic E-state index is 11.9. The van der Waals surface area contributed by atoms with Gasteiger partial charge < -0.3 is 10.6 Å². The van der Waals surface area contributed by atoms with Gasteiger partial charge in [0, 0.05) is 25.3 Å². The molecule has 0 aliphatic rings. The van der Waals surface area contributed by atoms with Gasteiger partial charge in [-0.1, -0.05) is 60.7 Å². The molecule has 0 heterocycles. The molecular weight excluding hydrogens is 497 g/mol. The van der Waals surface area contributed by atoms with Gasteiger partial charge in [0.05, 0.1) is 11.3 Å². The third kappa shape index (κ3) is 7.62. The minimum atomic E-state index is -3.19. The molecule has 0 atom stereocenters. The van der Waals surface area contributed by atoms with Gasteiger partial charge in [0.25, 0.3) is 0 Å². The predicted molar refractivity (Wildman–Crippen MR) is 133 cm³/mol. The number of rotatable bonds is 8. The molecule has 0 aliphatic heterocycles. The Balaban J connectivity index is 0.00000420. The lowest BCUT2D eigenvalue weighted by molar-refractivity contribution is 0.554. The van der Waals surface area contributed by atoms with Crippen LogP contribution in [0.25, 0.3) is 0 Å². The number of nitrogens with zero attached hydrogens (tertiary/aromatic N) is 1. The van der Waals surface area contributed by atoms with Crippen molar-refractivity contribution < 1.29 is 8.42 Å². The van der Waals surface area contributed by atoms with E-state index in [4.69, 9.17) is 0 Å². The first-order valence-electron chi connectivity index (χ1n) is 9.56. The van der Waals surface area contributed by atoms with Crippen molar-refractivity contribution in [1.82, 2.24) is 10.6 Å². The maximum absolute atomic E-state index is 11.9. The van der Waals surface area contributed by atoms with Crippen LogP contribution in [0.5, 0.6) is 0 Å². The Morgan fingerprint density at radius 2 is 1.45 bits per heavy atom. The van der Waals surface area contributed by atoms with Crippen molar-refractivity contribution in [3.05, 3.63) is 71.8 Å². The first-order chi connectivity index (χ1) is 13.2. The van der Waals surface area contributed by atoms with Crippen LogP contribution in [0.1, 0.15) is 37.8 Å². The third-order valence-corrected chi connectivity index (χ3v) is 6.98. The zero-order chi connectivity index (χ0) is 20.6. The zero-order valence-electron chi connectivity index (χ0n) is 17.6. The molecule has 0 amide bonds. The minimum absolute atomic E-state index is 0. The van der Waals surface area contributed by atoms with Crippen LogP contribution in [0.4, 0.5) is 0 Å². The molecule has 0 saturated carbocycles. The van der Waals surface area contributed by atoms with Crippen LogP contribution in [0, 0.1) is 0 Å². The van der Waals surface area contributed by atoms with Crippen molar-refractivity contribution in [2.24, 2.45) is 4.99 Å². The third-order valence-electron chi connectivity index (χ3n) is 4.84. The topological polar surface area (TPSA) is 70.6 Å². The van der Waals surface area contributed by atoms with E-state index in [0.717, 1.165) is 0 Å². The van der Waals surface area contributed by atoms with Gasteiger partial charge in [-0.15, -0.1) is 24.0 Å². The number of hydrogen-bond acceptors (Lipinski definition) is 3. The molecule has 0 saturated heterocycles. The van der Waals surface area contributed by atoms with E-state index in [2.05, 4.69) is 39.9 Å². The van der Waals surface area contributed by atoms with E-state index in [9.17, 15) is 8.42 Å². The van der Waals surface area contributed by atoms with E-state index < -0.39 is 14.6 Å². The van der Waals surface area contributed by atoms with Crippen molar-refractivity contribution in [2.75, 3.05) is 25.9 Å². The highest BCUT2D eigenvalue weighted by Gasteiger charge is 2.30. The number of sulfone groups is 1. The molecule has 5 nitrogen and oxygen atoms in total. The molecule has 2 rings (SSSR count). The second-order valence-corrected chi connectivity index (χ2v) is 10.1. The predicted octanol–water partition coefficient (Wildman–Crippen LogP) is 3.81. The molecule has 29 heavy (non-hydrogen) atoms. The van der Waals surface area contributed by atoms with Crippen LogP contribution in [0.2, 0.25) is 0 Å². The Bertz CT molecular complexity index is 830. The number of guanidine groups is 1. The SMILES string of the molecule is CCNC(=NCC(C)(C)S(C)(=O)=O)NCC(c1ccccc1)c1ccccc1.I. The number of benzene rings is 2. The highest BCUT2D eigenvalue weighted by molar-refractivity contribution is 14.0. The van der Waals surface area contributed by atoms with Crippen molar-refractivity contribution in [3.8, 4) is 0 Å². The van der Waals surface area contributed by atoms with E-state index in [-0.39, 0.29) is 36.4 Å². The second kappa shape index (κ2) is 11.5. The summed E-state index contributed by atoms with van der Waals surface area (Å²) in [5.74, 6) is 0.783. The second-order valence-electron chi connectivity index (χ2n) is 7.48. The van der Waals surface area contributed by atoms with Crippen molar-refractivity contribution in [3.63, 3.8) is 0 Å². The highest BCUT2D eigenvalue weighted by Crippen LogP contribution is 2.23. The number of aliphatic imine (C=N–C) groups is 1. The van der Waals surface area contributed by atoms with Gasteiger partial charge in [0.1, 0.15) is 0 Å². The molecule has 0 aromatic heterocycles. The van der Waals surface area contributed by atoms with E-state index in [0.29, 0.717) is 19.0 Å². The molecular formula is C22H32IN3O2S. The van der Waals surface area contributed by atoms with Gasteiger partial charge >= 0.3 is 0 Å². The Morgan fingerprint density at radius 3 is 1.86 bits per heavy atom. The summed E-state index contributed by atoms with van der Waals surface area (Å²) in [6.45, 7) is 6.94. The lowest BCUT2D eigenvalue weighted by Gasteiger charge is -2.23. The standard InChI is InChI=1S/C22H31N3O2S.HI/c1-5-23-21(25-17-22(2,3)28(4,26)27)24-16-20(18-12-8-6-9-13-18)19-14-10-7-11-15-19;/h6-15,20H,5,16-17H2,1-4H3,(H2,23,24,25);1H. The van der Waals surface area contributed by atoms with Gasteiger partial charge in [-0.05, 0) is 31.9 Å². The summed E-state index contributed by atoms with van der Waals surface area (Å²) in [4.78, 5) is 4.53. The fourth-order valence-corrected chi connectivity index (χ4v) is 3.03. The van der Waals surface area contributed by atoms with E-state index in [1.807, 2.05) is 43.3 Å². The van der Waals surface area contributed by atoms with Crippen LogP contribution in [0.15, 0.2) is 65.7 Å². The highest BCUT2D eigenvalue weighted by atomic mass is 127. The molecule has 2 aromatic rings. The van der Waals surface area contributed by atoms with Crippen LogP contribution in [0.3, 0.4) is 0 Å². The Hall–Kier alpha value is -1.61. The Kier molecular flexibility index (Phi) is 10.1. The summed E-state index contributed by atoms with van der Waals surface area (Å²) >= 11 is 0. The van der Waals surface area contributed by atoms with Crippen LogP contribution in [-0.4, -0.2) is 45.0 Å². The van der Waals surface area contributed by atoms with Crippen LogP contribution < -0.4 is 10.6 Å². The summed E-state index contributed by atoms with van der Waals surface area (Å²) in [5.41, 5.74) is 2.43. The molecule has 0 fully saturated rings. The average Bonchev–Trinajstić information content (AvgIpc) is 2.67. The van der Waals surface area contributed by atoms with Crippen molar-refractivity contribution >= 4 is 39.8 Å². The monoisotopic (exact) mass is 529 g/mol. The number of nitrogens with one attached hydrogen (secondary N) is 2. The van der Waals surface area contributed by atoms with Crippen molar-refractivity contribution in [1.29, 1.82) is 0 Å². The summed E-state index contributed by atoms with van der Waals surface area (Å²) in [5, 5.41) is 6.59. The van der Waals surface area contributed by atoms with Gasteiger partial charge in [0.15, 0.2) is 15.8 Å². The number of halogens is 1. The fraction of sp³-hybridized carbons (Fsp3) is 0.409. The molecule has 0 unspecified atom stereocenters. The average molecular weight is 529 g/mol. The summed E-state index contributed by atoms with van der Waals surface area (Å²) in [6, 6.07) is 20.7. The minimum Gasteiger partial charge on any atom is -0.357 e. The molecule has 160 valence electrons. The quantitative estimate of drug-likeness (QED) is 0.310. The molecule has 7 heteroatoms. The molecule has 2 N–H and O–H groups in total. The summed E-state index contributed by atoms with van der Waals surface area (Å²) < 4.78 is 23.0. The van der Waals surface area contributed by atoms with E-state index >= 15 is 0 Å². The molecule has 0 aliphatic carbocycles. The first-order valence-corrected chi connectivity index (χ1v) is 11.5. The van der Waals surface area contributed by atoms with Crippen LogP contribution >= 0.6 is 24.0 Å². The van der Waals surface area contributed by atoms with Crippen LogP contribution in [-0.2, 0) is 9.84 Å². The molecule has 0 radical (unpaired) electrons. The lowest BCUT2D eigenvalue weighted by Crippen LogP contribution is -2.42. The van der Waals surface area contributed by atoms with Crippen molar-refractivity contribution in [2.45, 2.75) is 31.4 Å². The zero-order valence-corrected chi connectivity index (χ0v) is 20.7. The lowest BCUT2D eigenvalue weighted by atomic mass is 9.91. The van der Waals surface area contributed by atoms with E-state index in [1.165, 1.54) is 17.4 Å². The van der Waals surface area contributed by atoms with Gasteiger partial charge in [0.2, 0.25) is 0 Å². The Morgan fingerprint density at radius 1 is 0.966 bits per heavy atom.